The van der Waals surface area contributed by atoms with Gasteiger partial charge in [-0.05, 0) is 43.0 Å². The fourth-order valence-electron chi connectivity index (χ4n) is 4.33. The third-order valence-electron chi connectivity index (χ3n) is 6.38. The van der Waals surface area contributed by atoms with Gasteiger partial charge in [0.05, 0.1) is 29.1 Å². The van der Waals surface area contributed by atoms with E-state index < -0.39 is 10.0 Å². The molecule has 0 unspecified atom stereocenters. The van der Waals surface area contributed by atoms with Gasteiger partial charge in [0.25, 0.3) is 5.65 Å². The van der Waals surface area contributed by atoms with Crippen LogP contribution in [0.2, 0.25) is 0 Å². The van der Waals surface area contributed by atoms with Crippen LogP contribution in [0, 0.1) is 5.92 Å². The van der Waals surface area contributed by atoms with E-state index in [0.29, 0.717) is 48.8 Å². The predicted octanol–water partition coefficient (Wildman–Crippen LogP) is 1.34. The molecule has 0 amide bonds. The van der Waals surface area contributed by atoms with Crippen LogP contribution >= 0.6 is 15.9 Å². The first kappa shape index (κ1) is 22.5. The van der Waals surface area contributed by atoms with Crippen molar-refractivity contribution in [3.63, 3.8) is 0 Å². The van der Waals surface area contributed by atoms with Crippen LogP contribution in [-0.2, 0) is 23.1 Å². The van der Waals surface area contributed by atoms with Crippen molar-refractivity contribution in [2.24, 2.45) is 5.92 Å². The van der Waals surface area contributed by atoms with Crippen LogP contribution in [0.4, 0.5) is 0 Å². The van der Waals surface area contributed by atoms with Crippen molar-refractivity contribution in [3.05, 3.63) is 69.1 Å². The summed E-state index contributed by atoms with van der Waals surface area (Å²) in [6.45, 7) is 2.35. The highest BCUT2D eigenvalue weighted by Crippen LogP contribution is 2.29. The summed E-state index contributed by atoms with van der Waals surface area (Å²) in [5.41, 5.74) is 0.558. The van der Waals surface area contributed by atoms with E-state index in [1.54, 1.807) is 51.6 Å². The van der Waals surface area contributed by atoms with E-state index in [2.05, 4.69) is 15.9 Å². The number of sulfonamides is 1. The third kappa shape index (κ3) is 4.44. The fraction of sp³-hybridized carbons (Fsp3) is 0.391. The van der Waals surface area contributed by atoms with Crippen LogP contribution in [0.5, 0.6) is 5.88 Å². The Balaban J connectivity index is 1.37. The molecule has 3 aromatic rings. The van der Waals surface area contributed by atoms with Crippen molar-refractivity contribution in [2.75, 3.05) is 26.2 Å². The average molecular weight is 533 g/mol. The molecule has 1 saturated carbocycles. The molecule has 0 atom stereocenters. The minimum Gasteiger partial charge on any atom is -0.842 e. The number of benzene rings is 1. The lowest BCUT2D eigenvalue weighted by atomic mass is 10.2. The van der Waals surface area contributed by atoms with Gasteiger partial charge in [-0.3, -0.25) is 4.90 Å². The van der Waals surface area contributed by atoms with Crippen LogP contribution in [0.3, 0.4) is 0 Å². The van der Waals surface area contributed by atoms with Gasteiger partial charge in [0.15, 0.2) is 0 Å². The van der Waals surface area contributed by atoms with Gasteiger partial charge in [-0.25, -0.2) is 17.8 Å². The molecule has 8 nitrogen and oxygen atoms in total. The Morgan fingerprint density at radius 1 is 1.06 bits per heavy atom. The highest BCUT2D eigenvalue weighted by Gasteiger charge is 2.31. The SMILES string of the molecule is O=c1c(CN2CCN(S(=O)(=O)c3cccc(Br)c3)CC2)c([O-])[n+](CC2CC2)c2ccccn12. The number of pyridine rings is 1. The number of nitrogens with zero attached hydrogens (tertiary/aromatic N) is 4. The molecule has 3 heterocycles. The lowest BCUT2D eigenvalue weighted by molar-refractivity contribution is -0.719. The second-order valence-electron chi connectivity index (χ2n) is 8.71. The van der Waals surface area contributed by atoms with Crippen molar-refractivity contribution in [3.8, 4) is 5.88 Å². The number of hydrogen-bond acceptors (Lipinski definition) is 5. The molecule has 10 heteroatoms. The van der Waals surface area contributed by atoms with Gasteiger partial charge in [-0.1, -0.05) is 28.1 Å². The minimum atomic E-state index is -3.59. The summed E-state index contributed by atoms with van der Waals surface area (Å²) in [5, 5.41) is 13.3. The first-order valence-corrected chi connectivity index (χ1v) is 13.3. The Morgan fingerprint density at radius 2 is 1.82 bits per heavy atom. The fourth-order valence-corrected chi connectivity index (χ4v) is 6.35. The average Bonchev–Trinajstić information content (AvgIpc) is 3.64. The van der Waals surface area contributed by atoms with Gasteiger partial charge < -0.3 is 5.11 Å². The molecule has 0 bridgehead atoms. The molecule has 2 aromatic heterocycles. The van der Waals surface area contributed by atoms with Gasteiger partial charge in [-0.2, -0.15) is 8.71 Å². The predicted molar refractivity (Wildman–Crippen MR) is 124 cm³/mol. The van der Waals surface area contributed by atoms with E-state index in [4.69, 9.17) is 0 Å². The van der Waals surface area contributed by atoms with Crippen molar-refractivity contribution >= 4 is 31.6 Å². The minimum absolute atomic E-state index is 0.213. The topological polar surface area (TPSA) is 89.0 Å². The largest absolute Gasteiger partial charge is 0.842 e. The molecular formula is C23H25BrN4O4S. The Kier molecular flexibility index (Phi) is 6.02. The normalized spacial score (nSPS) is 18.1. The summed E-state index contributed by atoms with van der Waals surface area (Å²) in [7, 11) is -3.59. The zero-order chi connectivity index (χ0) is 23.2. The number of fused-ring (bicyclic) bond motifs is 1. The Bertz CT molecular complexity index is 1360. The number of halogens is 1. The molecule has 174 valence electrons. The van der Waals surface area contributed by atoms with E-state index >= 15 is 0 Å². The maximum Gasteiger partial charge on any atom is 0.346 e. The standard InChI is InChI=1S/C23H25BrN4O4S/c24-18-4-3-5-19(14-18)33(31,32)26-12-10-25(11-13-26)16-20-22(29)27-9-2-1-6-21(27)28(23(20)30)15-17-7-8-17/h1-6,9,14,17H,7-8,10-13,15-16H2. The number of piperazine rings is 1. The van der Waals surface area contributed by atoms with Crippen molar-refractivity contribution < 1.29 is 18.1 Å². The summed E-state index contributed by atoms with van der Waals surface area (Å²) >= 11 is 3.33. The molecule has 1 aromatic carbocycles. The Morgan fingerprint density at radius 3 is 2.52 bits per heavy atom. The Labute approximate surface area is 200 Å². The first-order chi connectivity index (χ1) is 15.8. The molecule has 5 rings (SSSR count). The first-order valence-electron chi connectivity index (χ1n) is 11.1. The maximum atomic E-state index is 13.3. The second-order valence-corrected chi connectivity index (χ2v) is 11.6. The van der Waals surface area contributed by atoms with Crippen molar-refractivity contribution in [2.45, 2.75) is 30.8 Å². The summed E-state index contributed by atoms with van der Waals surface area (Å²) in [4.78, 5) is 15.4. The maximum absolute atomic E-state index is 13.3. The molecule has 2 aliphatic rings. The molecule has 33 heavy (non-hydrogen) atoms. The van der Waals surface area contributed by atoms with Gasteiger partial charge in [-0.15, -0.1) is 0 Å². The van der Waals surface area contributed by atoms with Crippen LogP contribution < -0.4 is 15.2 Å². The van der Waals surface area contributed by atoms with Crippen molar-refractivity contribution in [1.82, 2.24) is 13.6 Å². The molecular weight excluding hydrogens is 508 g/mol. The van der Waals surface area contributed by atoms with Crippen LogP contribution in [0.1, 0.15) is 18.4 Å². The van der Waals surface area contributed by atoms with E-state index in [0.717, 1.165) is 12.8 Å². The van der Waals surface area contributed by atoms with Gasteiger partial charge >= 0.3 is 5.56 Å². The quantitative estimate of drug-likeness (QED) is 0.447. The van der Waals surface area contributed by atoms with Gasteiger partial charge in [0, 0.05) is 43.3 Å². The summed E-state index contributed by atoms with van der Waals surface area (Å²) in [6, 6.07) is 12.1. The third-order valence-corrected chi connectivity index (χ3v) is 8.77. The van der Waals surface area contributed by atoms with Gasteiger partial charge in [0.1, 0.15) is 0 Å². The molecule has 0 spiro atoms. The molecule has 0 N–H and O–H groups in total. The zero-order valence-corrected chi connectivity index (χ0v) is 20.5. The van der Waals surface area contributed by atoms with E-state index in [-0.39, 0.29) is 28.4 Å². The number of rotatable bonds is 6. The highest BCUT2D eigenvalue weighted by molar-refractivity contribution is 9.10. The molecule has 1 aliphatic carbocycles. The molecule has 0 radical (unpaired) electrons. The summed E-state index contributed by atoms with van der Waals surface area (Å²) < 4.78 is 31.4. The Hall–Kier alpha value is -2.27. The number of aromatic nitrogens is 2. The van der Waals surface area contributed by atoms with Crippen LogP contribution in [0.25, 0.3) is 5.65 Å². The van der Waals surface area contributed by atoms with E-state index in [9.17, 15) is 18.3 Å². The van der Waals surface area contributed by atoms with Crippen molar-refractivity contribution in [1.29, 1.82) is 0 Å². The van der Waals surface area contributed by atoms with E-state index in [1.165, 1.54) is 4.31 Å². The lowest BCUT2D eigenvalue weighted by Crippen LogP contribution is -2.50. The zero-order valence-electron chi connectivity index (χ0n) is 18.1. The number of hydrogen-bond donors (Lipinski definition) is 0. The van der Waals surface area contributed by atoms with Gasteiger partial charge in [0.2, 0.25) is 10.0 Å². The molecule has 1 saturated heterocycles. The molecule has 2 fully saturated rings. The van der Waals surface area contributed by atoms with Crippen LogP contribution in [0.15, 0.2) is 62.8 Å². The lowest BCUT2D eigenvalue weighted by Gasteiger charge is -2.34. The monoisotopic (exact) mass is 532 g/mol. The summed E-state index contributed by atoms with van der Waals surface area (Å²) in [6.07, 6.45) is 3.91. The summed E-state index contributed by atoms with van der Waals surface area (Å²) in [5.74, 6) is 0.256. The smallest absolute Gasteiger partial charge is 0.346 e. The van der Waals surface area contributed by atoms with Crippen LogP contribution in [-0.4, -0.2) is 48.2 Å². The second kappa shape index (κ2) is 8.83. The highest BCUT2D eigenvalue weighted by atomic mass is 79.9. The van der Waals surface area contributed by atoms with E-state index in [1.807, 2.05) is 11.0 Å². The molecule has 1 aliphatic heterocycles.